The van der Waals surface area contributed by atoms with Gasteiger partial charge in [-0.3, -0.25) is 0 Å². The molecule has 0 aliphatic rings. The first kappa shape index (κ1) is 14.5. The fourth-order valence-electron chi connectivity index (χ4n) is 1.47. The van der Waals surface area contributed by atoms with E-state index in [1.807, 2.05) is 39.0 Å². The number of rotatable bonds is 2. The van der Waals surface area contributed by atoms with Crippen LogP contribution in [0.15, 0.2) is 30.6 Å². The number of hydrogen-bond donors (Lipinski definition) is 0. The van der Waals surface area contributed by atoms with Gasteiger partial charge >= 0.3 is 0 Å². The lowest BCUT2D eigenvalue weighted by Crippen LogP contribution is -1.92. The lowest BCUT2D eigenvalue weighted by Gasteiger charge is -2.06. The Morgan fingerprint density at radius 1 is 1.11 bits per heavy atom. The third-order valence-corrected chi connectivity index (χ3v) is 2.56. The fraction of sp³-hybridized carbons (Fsp3) is 0.286. The van der Waals surface area contributed by atoms with E-state index in [1.165, 1.54) is 6.33 Å². The SMILES string of the molecule is CC.COc1cc(-c2cc(Cl)ccc2C)ncn1. The largest absolute Gasteiger partial charge is 0.481 e. The van der Waals surface area contributed by atoms with Gasteiger partial charge in [-0.1, -0.05) is 31.5 Å². The van der Waals surface area contributed by atoms with Gasteiger partial charge in [0, 0.05) is 16.7 Å². The van der Waals surface area contributed by atoms with E-state index in [2.05, 4.69) is 9.97 Å². The molecule has 1 aromatic heterocycles. The molecule has 0 atom stereocenters. The Labute approximate surface area is 113 Å². The summed E-state index contributed by atoms with van der Waals surface area (Å²) in [5, 5.41) is 0.693. The van der Waals surface area contributed by atoms with Crippen molar-refractivity contribution >= 4 is 11.6 Å². The normalized spacial score (nSPS) is 9.39. The second kappa shape index (κ2) is 6.97. The Bertz CT molecular complexity index is 515. The van der Waals surface area contributed by atoms with Gasteiger partial charge in [0.2, 0.25) is 5.88 Å². The van der Waals surface area contributed by atoms with Crippen molar-refractivity contribution in [3.05, 3.63) is 41.2 Å². The number of halogens is 1. The Balaban J connectivity index is 0.000000771. The molecule has 18 heavy (non-hydrogen) atoms. The molecule has 0 fully saturated rings. The van der Waals surface area contributed by atoms with Crippen LogP contribution in [0.4, 0.5) is 0 Å². The second-order valence-electron chi connectivity index (χ2n) is 3.40. The summed E-state index contributed by atoms with van der Waals surface area (Å²) in [5.74, 6) is 0.546. The summed E-state index contributed by atoms with van der Waals surface area (Å²) < 4.78 is 5.06. The van der Waals surface area contributed by atoms with E-state index in [-0.39, 0.29) is 0 Å². The van der Waals surface area contributed by atoms with E-state index >= 15 is 0 Å². The number of ether oxygens (including phenoxy) is 1. The summed E-state index contributed by atoms with van der Waals surface area (Å²) in [4.78, 5) is 8.18. The van der Waals surface area contributed by atoms with E-state index in [9.17, 15) is 0 Å². The van der Waals surface area contributed by atoms with Crippen LogP contribution >= 0.6 is 11.6 Å². The summed E-state index contributed by atoms with van der Waals surface area (Å²) in [7, 11) is 1.58. The number of hydrogen-bond acceptors (Lipinski definition) is 3. The lowest BCUT2D eigenvalue weighted by molar-refractivity contribution is 0.397. The van der Waals surface area contributed by atoms with Crippen molar-refractivity contribution in [2.24, 2.45) is 0 Å². The maximum absolute atomic E-state index is 5.97. The van der Waals surface area contributed by atoms with Crippen LogP contribution in [0.1, 0.15) is 19.4 Å². The highest BCUT2D eigenvalue weighted by Crippen LogP contribution is 2.26. The average molecular weight is 265 g/mol. The third-order valence-electron chi connectivity index (χ3n) is 2.33. The zero-order valence-electron chi connectivity index (χ0n) is 11.1. The van der Waals surface area contributed by atoms with Crippen LogP contribution in [0, 0.1) is 6.92 Å². The molecule has 2 aromatic rings. The van der Waals surface area contributed by atoms with Crippen LogP contribution in [0.5, 0.6) is 5.88 Å². The lowest BCUT2D eigenvalue weighted by atomic mass is 10.1. The monoisotopic (exact) mass is 264 g/mol. The van der Waals surface area contributed by atoms with Gasteiger partial charge in [-0.05, 0) is 24.6 Å². The molecule has 0 spiro atoms. The molecule has 0 aliphatic heterocycles. The van der Waals surface area contributed by atoms with E-state index in [0.29, 0.717) is 10.9 Å². The van der Waals surface area contributed by atoms with Crippen molar-refractivity contribution in [3.63, 3.8) is 0 Å². The minimum atomic E-state index is 0.546. The fourth-order valence-corrected chi connectivity index (χ4v) is 1.64. The predicted molar refractivity (Wildman–Crippen MR) is 75.1 cm³/mol. The van der Waals surface area contributed by atoms with Gasteiger partial charge in [-0.25, -0.2) is 9.97 Å². The van der Waals surface area contributed by atoms with Gasteiger partial charge in [-0.2, -0.15) is 0 Å². The summed E-state index contributed by atoms with van der Waals surface area (Å²) in [6.07, 6.45) is 1.48. The minimum absolute atomic E-state index is 0.546. The maximum atomic E-state index is 5.97. The Kier molecular flexibility index (Phi) is 5.59. The molecule has 0 saturated heterocycles. The molecule has 1 heterocycles. The first-order chi connectivity index (χ1) is 8.70. The highest BCUT2D eigenvalue weighted by molar-refractivity contribution is 6.30. The quantitative estimate of drug-likeness (QED) is 0.818. The Hall–Kier alpha value is -1.61. The topological polar surface area (TPSA) is 35.0 Å². The molecule has 0 amide bonds. The Morgan fingerprint density at radius 2 is 1.83 bits per heavy atom. The van der Waals surface area contributed by atoms with Gasteiger partial charge in [0.25, 0.3) is 0 Å². The van der Waals surface area contributed by atoms with E-state index in [1.54, 1.807) is 13.2 Å². The van der Waals surface area contributed by atoms with Crippen molar-refractivity contribution in [1.82, 2.24) is 9.97 Å². The molecule has 1 aromatic carbocycles. The Morgan fingerprint density at radius 3 is 2.50 bits per heavy atom. The predicted octanol–water partition coefficient (Wildman–Crippen LogP) is 4.14. The van der Waals surface area contributed by atoms with Crippen molar-refractivity contribution in [2.45, 2.75) is 20.8 Å². The van der Waals surface area contributed by atoms with E-state index in [4.69, 9.17) is 16.3 Å². The highest BCUT2D eigenvalue weighted by Gasteiger charge is 2.05. The van der Waals surface area contributed by atoms with Gasteiger partial charge in [0.15, 0.2) is 0 Å². The van der Waals surface area contributed by atoms with Crippen molar-refractivity contribution in [1.29, 1.82) is 0 Å². The smallest absolute Gasteiger partial charge is 0.216 e. The molecule has 0 saturated carbocycles. The van der Waals surface area contributed by atoms with Gasteiger partial charge < -0.3 is 4.74 Å². The van der Waals surface area contributed by atoms with Crippen LogP contribution in [-0.2, 0) is 0 Å². The van der Waals surface area contributed by atoms with Crippen molar-refractivity contribution < 1.29 is 4.74 Å². The second-order valence-corrected chi connectivity index (χ2v) is 3.84. The van der Waals surface area contributed by atoms with Gasteiger partial charge in [-0.15, -0.1) is 0 Å². The molecule has 2 rings (SSSR count). The summed E-state index contributed by atoms with van der Waals surface area (Å²) >= 11 is 5.97. The molecule has 0 aliphatic carbocycles. The van der Waals surface area contributed by atoms with Gasteiger partial charge in [0.1, 0.15) is 6.33 Å². The number of benzene rings is 1. The number of aromatic nitrogens is 2. The molecular formula is C14H17ClN2O. The van der Waals surface area contributed by atoms with E-state index < -0.39 is 0 Å². The van der Waals surface area contributed by atoms with Crippen LogP contribution in [-0.4, -0.2) is 17.1 Å². The van der Waals surface area contributed by atoms with Gasteiger partial charge in [0.05, 0.1) is 12.8 Å². The molecule has 4 heteroatoms. The molecule has 0 N–H and O–H groups in total. The zero-order chi connectivity index (χ0) is 13.5. The van der Waals surface area contributed by atoms with Crippen LogP contribution in [0.25, 0.3) is 11.3 Å². The standard InChI is InChI=1S/C12H11ClN2O.C2H6/c1-8-3-4-9(13)5-10(8)11-6-12(16-2)15-7-14-11;1-2/h3-7H,1-2H3;1-2H3. The average Bonchev–Trinajstić information content (AvgIpc) is 2.44. The summed E-state index contributed by atoms with van der Waals surface area (Å²) in [6, 6.07) is 7.50. The minimum Gasteiger partial charge on any atom is -0.481 e. The highest BCUT2D eigenvalue weighted by atomic mass is 35.5. The van der Waals surface area contributed by atoms with Crippen LogP contribution in [0.2, 0.25) is 5.02 Å². The van der Waals surface area contributed by atoms with Crippen molar-refractivity contribution in [3.8, 4) is 17.1 Å². The van der Waals surface area contributed by atoms with Crippen LogP contribution in [0.3, 0.4) is 0 Å². The van der Waals surface area contributed by atoms with Crippen molar-refractivity contribution in [2.75, 3.05) is 7.11 Å². The zero-order valence-corrected chi connectivity index (χ0v) is 11.8. The molecule has 0 bridgehead atoms. The number of aryl methyl sites for hydroxylation is 1. The first-order valence-corrected chi connectivity index (χ1v) is 6.21. The molecule has 3 nitrogen and oxygen atoms in total. The summed E-state index contributed by atoms with van der Waals surface area (Å²) in [6.45, 7) is 6.01. The number of nitrogens with zero attached hydrogens (tertiary/aromatic N) is 2. The number of methoxy groups -OCH3 is 1. The molecule has 0 radical (unpaired) electrons. The summed E-state index contributed by atoms with van der Waals surface area (Å²) in [5.41, 5.74) is 2.92. The molecule has 0 unspecified atom stereocenters. The maximum Gasteiger partial charge on any atom is 0.216 e. The van der Waals surface area contributed by atoms with Crippen LogP contribution < -0.4 is 4.74 Å². The third kappa shape index (κ3) is 3.44. The molecular weight excluding hydrogens is 248 g/mol. The molecule has 96 valence electrons. The first-order valence-electron chi connectivity index (χ1n) is 5.83. The van der Waals surface area contributed by atoms with E-state index in [0.717, 1.165) is 16.8 Å².